The quantitative estimate of drug-likeness (QED) is 0.770. The highest BCUT2D eigenvalue weighted by Gasteiger charge is 2.16. The zero-order valence-electron chi connectivity index (χ0n) is 9.24. The molecule has 94 valence electrons. The Morgan fingerprint density at radius 3 is 2.71 bits per heavy atom. The molecule has 0 radical (unpaired) electrons. The van der Waals surface area contributed by atoms with Crippen LogP contribution in [0.25, 0.3) is 0 Å². The molecular formula is C11H13F2NO2S. The lowest BCUT2D eigenvalue weighted by Crippen LogP contribution is -2.38. The summed E-state index contributed by atoms with van der Waals surface area (Å²) in [5.41, 5.74) is 0. The topological polar surface area (TPSA) is 49.3 Å². The van der Waals surface area contributed by atoms with Gasteiger partial charge in [0.2, 0.25) is 0 Å². The van der Waals surface area contributed by atoms with E-state index in [-0.39, 0.29) is 5.75 Å². The molecule has 0 saturated carbocycles. The Kier molecular flexibility index (Phi) is 5.37. The van der Waals surface area contributed by atoms with Gasteiger partial charge in [-0.3, -0.25) is 4.79 Å². The minimum atomic E-state index is -0.957. The fourth-order valence-electron chi connectivity index (χ4n) is 1.21. The maximum absolute atomic E-state index is 12.9. The Morgan fingerprint density at radius 2 is 2.18 bits per heavy atom. The maximum Gasteiger partial charge on any atom is 0.321 e. The molecule has 0 aliphatic rings. The standard InChI is InChI=1S/C11H13F2NO2S/c1-2-14-10(11(15)16)6-17-7-3-4-8(12)9(13)5-7/h3-5,10,14H,2,6H2,1H3,(H,15,16). The summed E-state index contributed by atoms with van der Waals surface area (Å²) in [6, 6.07) is 2.82. The van der Waals surface area contributed by atoms with Crippen molar-refractivity contribution in [1.29, 1.82) is 0 Å². The molecule has 0 aliphatic heterocycles. The van der Waals surface area contributed by atoms with Crippen LogP contribution in [-0.2, 0) is 4.79 Å². The second kappa shape index (κ2) is 6.56. The molecule has 17 heavy (non-hydrogen) atoms. The number of hydrogen-bond acceptors (Lipinski definition) is 3. The van der Waals surface area contributed by atoms with Crippen molar-refractivity contribution in [2.24, 2.45) is 0 Å². The van der Waals surface area contributed by atoms with Gasteiger partial charge in [-0.05, 0) is 24.7 Å². The number of hydrogen-bond donors (Lipinski definition) is 2. The van der Waals surface area contributed by atoms with Gasteiger partial charge in [0.25, 0.3) is 0 Å². The second-order valence-corrected chi connectivity index (χ2v) is 4.43. The van der Waals surface area contributed by atoms with Gasteiger partial charge in [-0.1, -0.05) is 6.92 Å². The monoisotopic (exact) mass is 261 g/mol. The van der Waals surface area contributed by atoms with Gasteiger partial charge in [-0.2, -0.15) is 0 Å². The van der Waals surface area contributed by atoms with Crippen molar-refractivity contribution >= 4 is 17.7 Å². The third kappa shape index (κ3) is 4.32. The van der Waals surface area contributed by atoms with Crippen molar-refractivity contribution in [2.75, 3.05) is 12.3 Å². The number of benzene rings is 1. The maximum atomic E-state index is 12.9. The van der Waals surface area contributed by atoms with E-state index in [1.807, 2.05) is 0 Å². The molecule has 1 rings (SSSR count). The molecule has 1 aromatic rings. The van der Waals surface area contributed by atoms with E-state index in [0.717, 1.165) is 12.1 Å². The molecule has 0 bridgehead atoms. The van der Waals surface area contributed by atoms with Crippen LogP contribution in [0.3, 0.4) is 0 Å². The van der Waals surface area contributed by atoms with Crippen LogP contribution in [0.1, 0.15) is 6.92 Å². The van der Waals surface area contributed by atoms with Gasteiger partial charge in [-0.15, -0.1) is 11.8 Å². The molecule has 0 spiro atoms. The summed E-state index contributed by atoms with van der Waals surface area (Å²) in [5.74, 6) is -2.53. The predicted molar refractivity (Wildman–Crippen MR) is 62.2 cm³/mol. The van der Waals surface area contributed by atoms with Crippen molar-refractivity contribution in [3.8, 4) is 0 Å². The number of carbonyl (C=O) groups is 1. The number of carboxylic acid groups (broad SMARTS) is 1. The minimum Gasteiger partial charge on any atom is -0.480 e. The van der Waals surface area contributed by atoms with Gasteiger partial charge in [0, 0.05) is 10.6 Å². The lowest BCUT2D eigenvalue weighted by molar-refractivity contribution is -0.138. The van der Waals surface area contributed by atoms with Crippen LogP contribution in [0, 0.1) is 11.6 Å². The molecule has 1 aromatic carbocycles. The molecule has 0 amide bonds. The van der Waals surface area contributed by atoms with Gasteiger partial charge in [-0.25, -0.2) is 8.78 Å². The van der Waals surface area contributed by atoms with Crippen LogP contribution in [-0.4, -0.2) is 29.4 Å². The van der Waals surface area contributed by atoms with E-state index in [1.165, 1.54) is 17.8 Å². The third-order valence-corrected chi connectivity index (χ3v) is 3.14. The normalized spacial score (nSPS) is 12.4. The summed E-state index contributed by atoms with van der Waals surface area (Å²) in [5, 5.41) is 11.7. The van der Waals surface area contributed by atoms with Crippen LogP contribution in [0.15, 0.2) is 23.1 Å². The molecule has 1 atom stereocenters. The first-order valence-electron chi connectivity index (χ1n) is 5.08. The number of aliphatic carboxylic acids is 1. The summed E-state index contributed by atoms with van der Waals surface area (Å²) in [6.45, 7) is 2.34. The van der Waals surface area contributed by atoms with Crippen LogP contribution in [0.5, 0.6) is 0 Å². The fraction of sp³-hybridized carbons (Fsp3) is 0.364. The minimum absolute atomic E-state index is 0.258. The predicted octanol–water partition coefficient (Wildman–Crippen LogP) is 2.12. The molecule has 3 nitrogen and oxygen atoms in total. The SMILES string of the molecule is CCNC(CSc1ccc(F)c(F)c1)C(=O)O. The lowest BCUT2D eigenvalue weighted by Gasteiger charge is -2.12. The van der Waals surface area contributed by atoms with E-state index in [9.17, 15) is 13.6 Å². The summed E-state index contributed by atoms with van der Waals surface area (Å²) in [7, 11) is 0. The van der Waals surface area contributed by atoms with Crippen molar-refractivity contribution in [3.05, 3.63) is 29.8 Å². The van der Waals surface area contributed by atoms with E-state index < -0.39 is 23.6 Å². The van der Waals surface area contributed by atoms with Gasteiger partial charge < -0.3 is 10.4 Å². The highest BCUT2D eigenvalue weighted by Crippen LogP contribution is 2.21. The summed E-state index contributed by atoms with van der Waals surface area (Å²) in [4.78, 5) is 11.3. The number of carboxylic acids is 1. The highest BCUT2D eigenvalue weighted by molar-refractivity contribution is 7.99. The molecular weight excluding hydrogens is 248 g/mol. The molecule has 2 N–H and O–H groups in total. The van der Waals surface area contributed by atoms with Gasteiger partial charge in [0.15, 0.2) is 11.6 Å². The van der Waals surface area contributed by atoms with Crippen LogP contribution < -0.4 is 5.32 Å². The van der Waals surface area contributed by atoms with Gasteiger partial charge in [0.1, 0.15) is 6.04 Å². The largest absolute Gasteiger partial charge is 0.480 e. The van der Waals surface area contributed by atoms with E-state index in [1.54, 1.807) is 6.92 Å². The zero-order valence-corrected chi connectivity index (χ0v) is 10.1. The van der Waals surface area contributed by atoms with E-state index in [0.29, 0.717) is 11.4 Å². The molecule has 0 aliphatic carbocycles. The van der Waals surface area contributed by atoms with E-state index in [4.69, 9.17) is 5.11 Å². The summed E-state index contributed by atoms with van der Waals surface area (Å²) >= 11 is 1.17. The van der Waals surface area contributed by atoms with Crippen molar-refractivity contribution in [1.82, 2.24) is 5.32 Å². The van der Waals surface area contributed by atoms with Crippen LogP contribution in [0.4, 0.5) is 8.78 Å². The fourth-order valence-corrected chi connectivity index (χ4v) is 2.18. The first-order valence-corrected chi connectivity index (χ1v) is 6.07. The Morgan fingerprint density at radius 1 is 1.47 bits per heavy atom. The molecule has 0 heterocycles. The van der Waals surface area contributed by atoms with Gasteiger partial charge >= 0.3 is 5.97 Å². The average molecular weight is 261 g/mol. The smallest absolute Gasteiger partial charge is 0.321 e. The van der Waals surface area contributed by atoms with Crippen molar-refractivity contribution in [2.45, 2.75) is 17.9 Å². The van der Waals surface area contributed by atoms with Crippen LogP contribution >= 0.6 is 11.8 Å². The Balaban J connectivity index is 2.59. The lowest BCUT2D eigenvalue weighted by atomic mass is 10.3. The number of halogens is 2. The zero-order chi connectivity index (χ0) is 12.8. The molecule has 0 fully saturated rings. The van der Waals surface area contributed by atoms with Crippen molar-refractivity contribution < 1.29 is 18.7 Å². The van der Waals surface area contributed by atoms with Gasteiger partial charge in [0.05, 0.1) is 0 Å². The molecule has 0 saturated heterocycles. The molecule has 6 heteroatoms. The first kappa shape index (κ1) is 13.9. The van der Waals surface area contributed by atoms with Crippen LogP contribution in [0.2, 0.25) is 0 Å². The summed E-state index contributed by atoms with van der Waals surface area (Å²) < 4.78 is 25.5. The number of nitrogens with one attached hydrogen (secondary N) is 1. The van der Waals surface area contributed by atoms with E-state index >= 15 is 0 Å². The Labute approximate surface area is 102 Å². The number of likely N-dealkylation sites (N-methyl/N-ethyl adjacent to an activating group) is 1. The van der Waals surface area contributed by atoms with E-state index in [2.05, 4.69) is 5.32 Å². The molecule has 1 unspecified atom stereocenters. The molecule has 0 aromatic heterocycles. The van der Waals surface area contributed by atoms with Crippen molar-refractivity contribution in [3.63, 3.8) is 0 Å². The Bertz CT molecular complexity index is 401. The number of thioether (sulfide) groups is 1. The highest BCUT2D eigenvalue weighted by atomic mass is 32.2. The first-order chi connectivity index (χ1) is 8.04. The summed E-state index contributed by atoms with van der Waals surface area (Å²) in [6.07, 6.45) is 0. The number of rotatable bonds is 6. The Hall–Kier alpha value is -1.14. The average Bonchev–Trinajstić information content (AvgIpc) is 2.28. The third-order valence-electron chi connectivity index (χ3n) is 2.06. The second-order valence-electron chi connectivity index (χ2n) is 3.34.